The van der Waals surface area contributed by atoms with E-state index in [1.807, 2.05) is 12.3 Å². The van der Waals surface area contributed by atoms with Crippen molar-refractivity contribution in [2.24, 2.45) is 0 Å². The van der Waals surface area contributed by atoms with Gasteiger partial charge in [0.15, 0.2) is 0 Å². The molecule has 0 atom stereocenters. The second-order valence-corrected chi connectivity index (χ2v) is 5.78. The number of aromatic nitrogens is 1. The Hall–Kier alpha value is -2.14. The molecule has 1 aliphatic heterocycles. The van der Waals surface area contributed by atoms with Crippen molar-refractivity contribution in [3.63, 3.8) is 0 Å². The number of aryl methyl sites for hydroxylation is 1. The highest BCUT2D eigenvalue weighted by Gasteiger charge is 2.22. The van der Waals surface area contributed by atoms with Crippen LogP contribution >= 0.6 is 0 Å². The van der Waals surface area contributed by atoms with Crippen LogP contribution in [0.25, 0.3) is 0 Å². The highest BCUT2D eigenvalue weighted by Crippen LogP contribution is 2.17. The molecule has 1 aliphatic rings. The molecule has 1 fully saturated rings. The molecule has 1 amide bonds. The molecule has 0 saturated carbocycles. The Bertz CT molecular complexity index is 540. The van der Waals surface area contributed by atoms with Crippen molar-refractivity contribution in [2.75, 3.05) is 50.7 Å². The second-order valence-electron chi connectivity index (χ2n) is 5.78. The van der Waals surface area contributed by atoms with Gasteiger partial charge in [0.2, 0.25) is 5.91 Å². The molecule has 0 radical (unpaired) electrons. The number of rotatable bonds is 7. The molecule has 1 aromatic rings. The zero-order valence-corrected chi connectivity index (χ0v) is 13.9. The number of carbonyl (C=O) groups is 1. The van der Waals surface area contributed by atoms with Crippen molar-refractivity contribution in [2.45, 2.75) is 6.92 Å². The molecule has 0 bridgehead atoms. The number of hydrogen-bond donors (Lipinski definition) is 0. The van der Waals surface area contributed by atoms with Crippen molar-refractivity contribution >= 4 is 11.7 Å². The SMILES string of the molecule is C=CCN(CC=C)C(=O)CN1CCN(c2ncccc2C)CC1. The fourth-order valence-corrected chi connectivity index (χ4v) is 2.81. The smallest absolute Gasteiger partial charge is 0.237 e. The molecule has 124 valence electrons. The Kier molecular flexibility index (Phi) is 6.35. The van der Waals surface area contributed by atoms with Gasteiger partial charge < -0.3 is 9.80 Å². The lowest BCUT2D eigenvalue weighted by molar-refractivity contribution is -0.131. The quantitative estimate of drug-likeness (QED) is 0.719. The third kappa shape index (κ3) is 4.66. The van der Waals surface area contributed by atoms with Crippen molar-refractivity contribution < 1.29 is 4.79 Å². The first kappa shape index (κ1) is 17.2. The number of amides is 1. The largest absolute Gasteiger partial charge is 0.354 e. The fraction of sp³-hybridized carbons (Fsp3) is 0.444. The molecule has 2 rings (SSSR count). The van der Waals surface area contributed by atoms with Gasteiger partial charge in [-0.25, -0.2) is 4.98 Å². The van der Waals surface area contributed by atoms with Gasteiger partial charge in [-0.15, -0.1) is 13.2 Å². The van der Waals surface area contributed by atoms with Crippen molar-refractivity contribution in [1.29, 1.82) is 0 Å². The molecule has 5 nitrogen and oxygen atoms in total. The average Bonchev–Trinajstić information content (AvgIpc) is 2.56. The summed E-state index contributed by atoms with van der Waals surface area (Å²) in [5.41, 5.74) is 1.19. The van der Waals surface area contributed by atoms with Crippen LogP contribution in [-0.4, -0.2) is 66.5 Å². The highest BCUT2D eigenvalue weighted by atomic mass is 16.2. The third-order valence-corrected chi connectivity index (χ3v) is 4.06. The predicted molar refractivity (Wildman–Crippen MR) is 94.6 cm³/mol. The van der Waals surface area contributed by atoms with Gasteiger partial charge >= 0.3 is 0 Å². The van der Waals surface area contributed by atoms with Crippen molar-refractivity contribution in [1.82, 2.24) is 14.8 Å². The van der Waals surface area contributed by atoms with Gasteiger partial charge in [-0.05, 0) is 18.6 Å². The van der Waals surface area contributed by atoms with Gasteiger partial charge in [0.05, 0.1) is 6.54 Å². The first-order chi connectivity index (χ1) is 11.2. The van der Waals surface area contributed by atoms with Crippen LogP contribution in [0, 0.1) is 6.92 Å². The number of hydrogen-bond acceptors (Lipinski definition) is 4. The standard InChI is InChI=1S/C18H26N4O/c1-4-9-21(10-5-2)17(23)15-20-11-13-22(14-12-20)18-16(3)7-6-8-19-18/h4-8H,1-2,9-15H2,3H3. The first-order valence-corrected chi connectivity index (χ1v) is 8.04. The van der Waals surface area contributed by atoms with Crippen LogP contribution in [0.15, 0.2) is 43.6 Å². The monoisotopic (exact) mass is 314 g/mol. The van der Waals surface area contributed by atoms with Crippen LogP contribution in [0.1, 0.15) is 5.56 Å². The van der Waals surface area contributed by atoms with Gasteiger partial charge in [0.1, 0.15) is 5.82 Å². The van der Waals surface area contributed by atoms with E-state index in [0.29, 0.717) is 19.6 Å². The van der Waals surface area contributed by atoms with Crippen LogP contribution in [0.4, 0.5) is 5.82 Å². The summed E-state index contributed by atoms with van der Waals surface area (Å²) in [6.45, 7) is 14.6. The normalized spacial score (nSPS) is 15.3. The minimum absolute atomic E-state index is 0.132. The molecule has 1 saturated heterocycles. The minimum atomic E-state index is 0.132. The lowest BCUT2D eigenvalue weighted by Gasteiger charge is -2.36. The van der Waals surface area contributed by atoms with Crippen LogP contribution < -0.4 is 4.90 Å². The van der Waals surface area contributed by atoms with Crippen LogP contribution in [0.2, 0.25) is 0 Å². The van der Waals surface area contributed by atoms with Crippen LogP contribution in [0.3, 0.4) is 0 Å². The molecule has 5 heteroatoms. The predicted octanol–water partition coefficient (Wildman–Crippen LogP) is 1.71. The van der Waals surface area contributed by atoms with E-state index in [-0.39, 0.29) is 5.91 Å². The van der Waals surface area contributed by atoms with Gasteiger partial charge in [-0.3, -0.25) is 9.69 Å². The van der Waals surface area contributed by atoms with E-state index in [1.165, 1.54) is 5.56 Å². The van der Waals surface area contributed by atoms with E-state index in [0.717, 1.165) is 32.0 Å². The molecule has 0 aromatic carbocycles. The maximum Gasteiger partial charge on any atom is 0.237 e. The molecular formula is C18H26N4O. The van der Waals surface area contributed by atoms with Crippen molar-refractivity contribution in [3.05, 3.63) is 49.2 Å². The Morgan fingerprint density at radius 1 is 1.26 bits per heavy atom. The molecule has 0 aliphatic carbocycles. The first-order valence-electron chi connectivity index (χ1n) is 8.04. The molecule has 1 aromatic heterocycles. The Morgan fingerprint density at radius 3 is 2.48 bits per heavy atom. The zero-order chi connectivity index (χ0) is 16.7. The van der Waals surface area contributed by atoms with Crippen molar-refractivity contribution in [3.8, 4) is 0 Å². The van der Waals surface area contributed by atoms with E-state index in [4.69, 9.17) is 0 Å². The van der Waals surface area contributed by atoms with E-state index in [2.05, 4.69) is 40.9 Å². The maximum atomic E-state index is 12.4. The molecule has 23 heavy (non-hydrogen) atoms. The van der Waals surface area contributed by atoms with E-state index < -0.39 is 0 Å². The van der Waals surface area contributed by atoms with Gasteiger partial charge in [0.25, 0.3) is 0 Å². The Balaban J connectivity index is 1.87. The summed E-state index contributed by atoms with van der Waals surface area (Å²) in [6, 6.07) is 4.04. The number of piperazine rings is 1. The summed E-state index contributed by atoms with van der Waals surface area (Å²) in [4.78, 5) is 23.1. The van der Waals surface area contributed by atoms with E-state index >= 15 is 0 Å². The van der Waals surface area contributed by atoms with Gasteiger partial charge in [-0.2, -0.15) is 0 Å². The fourth-order valence-electron chi connectivity index (χ4n) is 2.81. The zero-order valence-electron chi connectivity index (χ0n) is 13.9. The summed E-state index contributed by atoms with van der Waals surface area (Å²) >= 11 is 0. The molecular weight excluding hydrogens is 288 g/mol. The Morgan fingerprint density at radius 2 is 1.91 bits per heavy atom. The molecule has 0 spiro atoms. The minimum Gasteiger partial charge on any atom is -0.354 e. The number of carbonyl (C=O) groups excluding carboxylic acids is 1. The summed E-state index contributed by atoms with van der Waals surface area (Å²) < 4.78 is 0. The number of pyridine rings is 1. The summed E-state index contributed by atoms with van der Waals surface area (Å²) in [6.07, 6.45) is 5.34. The average molecular weight is 314 g/mol. The molecule has 0 N–H and O–H groups in total. The number of anilines is 1. The van der Waals surface area contributed by atoms with Crippen LogP contribution in [-0.2, 0) is 4.79 Å². The lowest BCUT2D eigenvalue weighted by Crippen LogP contribution is -2.50. The molecule has 2 heterocycles. The number of nitrogens with zero attached hydrogens (tertiary/aromatic N) is 4. The third-order valence-electron chi connectivity index (χ3n) is 4.06. The second kappa shape index (κ2) is 8.48. The molecule has 0 unspecified atom stereocenters. The highest BCUT2D eigenvalue weighted by molar-refractivity contribution is 5.78. The lowest BCUT2D eigenvalue weighted by atomic mass is 10.2. The summed E-state index contributed by atoms with van der Waals surface area (Å²) in [5.74, 6) is 1.19. The Labute approximate surface area is 138 Å². The maximum absolute atomic E-state index is 12.4. The van der Waals surface area contributed by atoms with E-state index in [1.54, 1.807) is 17.1 Å². The summed E-state index contributed by atoms with van der Waals surface area (Å²) in [5, 5.41) is 0. The van der Waals surface area contributed by atoms with E-state index in [9.17, 15) is 4.79 Å². The topological polar surface area (TPSA) is 39.7 Å². The van der Waals surface area contributed by atoms with Gasteiger partial charge in [-0.1, -0.05) is 18.2 Å². The van der Waals surface area contributed by atoms with Gasteiger partial charge in [0, 0.05) is 45.5 Å². The summed E-state index contributed by atoms with van der Waals surface area (Å²) in [7, 11) is 0. The van der Waals surface area contributed by atoms with Crippen LogP contribution in [0.5, 0.6) is 0 Å².